The van der Waals surface area contributed by atoms with E-state index in [2.05, 4.69) is 10.3 Å². The Balaban J connectivity index is 2.81. The summed E-state index contributed by atoms with van der Waals surface area (Å²) in [7, 11) is 1.78. The zero-order chi connectivity index (χ0) is 14.0. The molecule has 0 aliphatic heterocycles. The lowest BCUT2D eigenvalue weighted by Crippen LogP contribution is -2.27. The van der Waals surface area contributed by atoms with Crippen molar-refractivity contribution in [1.82, 2.24) is 14.9 Å². The van der Waals surface area contributed by atoms with E-state index < -0.39 is 0 Å². The molecule has 6 heteroatoms. The fourth-order valence-corrected chi connectivity index (χ4v) is 2.19. The standard InChI is InChI=1S/C13H16ClN3O2/c1-3-6-17-10(7-15-2)16-11-8(13(17)19)4-5-9(14)12(11)18/h4-5,15,18H,3,6-7H2,1-2H3. The van der Waals surface area contributed by atoms with Gasteiger partial charge in [-0.25, -0.2) is 4.98 Å². The van der Waals surface area contributed by atoms with Crippen LogP contribution >= 0.6 is 11.6 Å². The van der Waals surface area contributed by atoms with Gasteiger partial charge < -0.3 is 10.4 Å². The van der Waals surface area contributed by atoms with Crippen LogP contribution in [-0.2, 0) is 13.1 Å². The molecule has 0 unspecified atom stereocenters. The Hall–Kier alpha value is -1.59. The Morgan fingerprint density at radius 3 is 2.84 bits per heavy atom. The summed E-state index contributed by atoms with van der Waals surface area (Å²) in [5, 5.41) is 13.5. The molecule has 0 saturated heterocycles. The van der Waals surface area contributed by atoms with E-state index in [9.17, 15) is 9.90 Å². The molecule has 0 saturated carbocycles. The first-order chi connectivity index (χ1) is 9.10. The van der Waals surface area contributed by atoms with Crippen molar-refractivity contribution in [3.8, 4) is 5.75 Å². The lowest BCUT2D eigenvalue weighted by molar-refractivity contribution is 0.479. The van der Waals surface area contributed by atoms with Crippen molar-refractivity contribution in [2.45, 2.75) is 26.4 Å². The van der Waals surface area contributed by atoms with Gasteiger partial charge in [0.05, 0.1) is 17.0 Å². The van der Waals surface area contributed by atoms with Gasteiger partial charge in [-0.05, 0) is 25.6 Å². The van der Waals surface area contributed by atoms with Gasteiger partial charge in [0, 0.05) is 6.54 Å². The maximum absolute atomic E-state index is 12.4. The van der Waals surface area contributed by atoms with Crippen molar-refractivity contribution in [3.63, 3.8) is 0 Å². The van der Waals surface area contributed by atoms with Gasteiger partial charge in [-0.1, -0.05) is 18.5 Å². The van der Waals surface area contributed by atoms with E-state index in [1.54, 1.807) is 17.7 Å². The number of rotatable bonds is 4. The van der Waals surface area contributed by atoms with Crippen LogP contribution in [0.2, 0.25) is 5.02 Å². The van der Waals surface area contributed by atoms with Crippen molar-refractivity contribution in [2.75, 3.05) is 7.05 Å². The molecule has 0 spiro atoms. The number of aromatic nitrogens is 2. The minimum atomic E-state index is -0.149. The molecule has 0 radical (unpaired) electrons. The van der Waals surface area contributed by atoms with Gasteiger partial charge in [0.25, 0.3) is 5.56 Å². The minimum absolute atomic E-state index is 0.141. The molecule has 0 atom stereocenters. The maximum atomic E-state index is 12.4. The Morgan fingerprint density at radius 1 is 1.47 bits per heavy atom. The van der Waals surface area contributed by atoms with Crippen LogP contribution in [0.4, 0.5) is 0 Å². The monoisotopic (exact) mass is 281 g/mol. The van der Waals surface area contributed by atoms with Crippen molar-refractivity contribution >= 4 is 22.5 Å². The second-order valence-corrected chi connectivity index (χ2v) is 4.71. The number of fused-ring (bicyclic) bond motifs is 1. The van der Waals surface area contributed by atoms with Gasteiger partial charge in [-0.15, -0.1) is 0 Å². The number of phenolic OH excluding ortho intramolecular Hbond substituents is 1. The molecule has 0 aliphatic rings. The third-order valence-electron chi connectivity index (χ3n) is 2.91. The van der Waals surface area contributed by atoms with Crippen LogP contribution in [0.15, 0.2) is 16.9 Å². The predicted octanol–water partition coefficient (Wildman–Crippen LogP) is 1.88. The van der Waals surface area contributed by atoms with E-state index in [1.807, 2.05) is 6.92 Å². The molecule has 1 heterocycles. The van der Waals surface area contributed by atoms with Crippen LogP contribution in [0, 0.1) is 0 Å². The minimum Gasteiger partial charge on any atom is -0.504 e. The average Bonchev–Trinajstić information content (AvgIpc) is 2.39. The fraction of sp³-hybridized carbons (Fsp3) is 0.385. The number of halogens is 1. The quantitative estimate of drug-likeness (QED) is 0.898. The van der Waals surface area contributed by atoms with Crippen molar-refractivity contribution in [1.29, 1.82) is 0 Å². The number of benzene rings is 1. The molecular formula is C13H16ClN3O2. The van der Waals surface area contributed by atoms with Crippen LogP contribution < -0.4 is 10.9 Å². The molecule has 0 aliphatic carbocycles. The summed E-state index contributed by atoms with van der Waals surface area (Å²) in [4.78, 5) is 16.8. The zero-order valence-electron chi connectivity index (χ0n) is 10.9. The smallest absolute Gasteiger partial charge is 0.261 e. The highest BCUT2D eigenvalue weighted by atomic mass is 35.5. The highest BCUT2D eigenvalue weighted by Gasteiger charge is 2.14. The second-order valence-electron chi connectivity index (χ2n) is 4.31. The summed E-state index contributed by atoms with van der Waals surface area (Å²) < 4.78 is 1.63. The largest absolute Gasteiger partial charge is 0.504 e. The molecule has 0 fully saturated rings. The van der Waals surface area contributed by atoms with Crippen LogP contribution in [-0.4, -0.2) is 21.7 Å². The highest BCUT2D eigenvalue weighted by Crippen LogP contribution is 2.29. The Morgan fingerprint density at radius 2 is 2.21 bits per heavy atom. The molecule has 2 rings (SSSR count). The van der Waals surface area contributed by atoms with E-state index in [1.165, 1.54) is 6.07 Å². The molecule has 2 N–H and O–H groups in total. The topological polar surface area (TPSA) is 67.2 Å². The number of nitrogens with zero attached hydrogens (tertiary/aromatic N) is 2. The number of aromatic hydroxyl groups is 1. The Bertz CT molecular complexity index is 667. The maximum Gasteiger partial charge on any atom is 0.261 e. The van der Waals surface area contributed by atoms with Gasteiger partial charge >= 0.3 is 0 Å². The molecule has 1 aromatic carbocycles. The van der Waals surface area contributed by atoms with Crippen LogP contribution in [0.3, 0.4) is 0 Å². The molecule has 0 bridgehead atoms. The predicted molar refractivity (Wildman–Crippen MR) is 75.7 cm³/mol. The van der Waals surface area contributed by atoms with Crippen molar-refractivity contribution in [2.24, 2.45) is 0 Å². The van der Waals surface area contributed by atoms with Crippen molar-refractivity contribution < 1.29 is 5.11 Å². The fourth-order valence-electron chi connectivity index (χ4n) is 2.04. The van der Waals surface area contributed by atoms with Gasteiger partial charge in [-0.2, -0.15) is 0 Å². The van der Waals surface area contributed by atoms with Crippen LogP contribution in [0.1, 0.15) is 19.2 Å². The van der Waals surface area contributed by atoms with E-state index >= 15 is 0 Å². The summed E-state index contributed by atoms with van der Waals surface area (Å²) in [6, 6.07) is 3.11. The van der Waals surface area contributed by atoms with Gasteiger partial charge in [0.1, 0.15) is 11.3 Å². The van der Waals surface area contributed by atoms with E-state index in [-0.39, 0.29) is 21.8 Å². The average molecular weight is 282 g/mol. The lowest BCUT2D eigenvalue weighted by Gasteiger charge is -2.13. The van der Waals surface area contributed by atoms with E-state index in [4.69, 9.17) is 11.6 Å². The highest BCUT2D eigenvalue weighted by molar-refractivity contribution is 6.33. The third-order valence-corrected chi connectivity index (χ3v) is 3.22. The molecular weight excluding hydrogens is 266 g/mol. The van der Waals surface area contributed by atoms with E-state index in [0.29, 0.717) is 24.3 Å². The number of phenols is 1. The van der Waals surface area contributed by atoms with Gasteiger partial charge in [0.2, 0.25) is 0 Å². The first kappa shape index (κ1) is 13.8. The first-order valence-electron chi connectivity index (χ1n) is 6.15. The molecule has 2 aromatic rings. The van der Waals surface area contributed by atoms with E-state index in [0.717, 1.165) is 6.42 Å². The SMILES string of the molecule is CCCn1c(CNC)nc2c(O)c(Cl)ccc2c1=O. The van der Waals surface area contributed by atoms with Gasteiger partial charge in [0.15, 0.2) is 5.75 Å². The summed E-state index contributed by atoms with van der Waals surface area (Å²) in [6.45, 7) is 3.05. The number of hydrogen-bond donors (Lipinski definition) is 2. The number of nitrogens with one attached hydrogen (secondary N) is 1. The lowest BCUT2D eigenvalue weighted by atomic mass is 10.2. The normalized spacial score (nSPS) is 11.1. The van der Waals surface area contributed by atoms with Gasteiger partial charge in [-0.3, -0.25) is 9.36 Å². The van der Waals surface area contributed by atoms with Crippen molar-refractivity contribution in [3.05, 3.63) is 33.3 Å². The second kappa shape index (κ2) is 5.59. The summed E-state index contributed by atoms with van der Waals surface area (Å²) in [6.07, 6.45) is 0.837. The summed E-state index contributed by atoms with van der Waals surface area (Å²) >= 11 is 5.86. The molecule has 1 aromatic heterocycles. The molecule has 102 valence electrons. The van der Waals surface area contributed by atoms with Crippen LogP contribution in [0.25, 0.3) is 10.9 Å². The Labute approximate surface area is 115 Å². The Kier molecular flexibility index (Phi) is 4.07. The summed E-state index contributed by atoms with van der Waals surface area (Å²) in [5.41, 5.74) is 0.110. The first-order valence-corrected chi connectivity index (χ1v) is 6.53. The molecule has 0 amide bonds. The summed E-state index contributed by atoms with van der Waals surface area (Å²) in [5.74, 6) is 0.455. The molecule has 5 nitrogen and oxygen atoms in total. The zero-order valence-corrected chi connectivity index (χ0v) is 11.7. The third kappa shape index (κ3) is 2.43. The number of hydrogen-bond acceptors (Lipinski definition) is 4. The van der Waals surface area contributed by atoms with Crippen LogP contribution in [0.5, 0.6) is 5.75 Å². The molecule has 19 heavy (non-hydrogen) atoms.